The van der Waals surface area contributed by atoms with Crippen molar-refractivity contribution in [1.82, 2.24) is 4.90 Å². The Morgan fingerprint density at radius 3 is 2.76 bits per heavy atom. The molecule has 1 aliphatic rings. The molecule has 1 saturated heterocycles. The molecule has 0 aliphatic carbocycles. The van der Waals surface area contributed by atoms with Gasteiger partial charge in [-0.05, 0) is 26.2 Å². The van der Waals surface area contributed by atoms with Gasteiger partial charge in [-0.25, -0.2) is 0 Å². The van der Waals surface area contributed by atoms with Crippen molar-refractivity contribution in [2.75, 3.05) is 26.8 Å². The van der Waals surface area contributed by atoms with Crippen LogP contribution in [0.25, 0.3) is 0 Å². The predicted molar refractivity (Wildman–Crippen MR) is 66.6 cm³/mol. The Balaban J connectivity index is 2.32. The first-order chi connectivity index (χ1) is 8.06. The highest BCUT2D eigenvalue weighted by Gasteiger charge is 2.30. The van der Waals surface area contributed by atoms with Crippen LogP contribution in [-0.4, -0.2) is 48.8 Å². The summed E-state index contributed by atoms with van der Waals surface area (Å²) in [6, 6.07) is 0. The fourth-order valence-corrected chi connectivity index (χ4v) is 2.35. The molecule has 0 spiro atoms. The number of likely N-dealkylation sites (tertiary alicyclic amines) is 1. The van der Waals surface area contributed by atoms with Crippen LogP contribution in [0.1, 0.15) is 33.1 Å². The second kappa shape index (κ2) is 6.97. The van der Waals surface area contributed by atoms with E-state index in [2.05, 4.69) is 0 Å². The van der Waals surface area contributed by atoms with Gasteiger partial charge in [-0.1, -0.05) is 6.92 Å². The Morgan fingerprint density at radius 2 is 2.24 bits per heavy atom. The SMILES string of the molecule is COCCCC(C)C(=O)N1CCC(C(C)O)C1. The molecule has 0 bridgehead atoms. The van der Waals surface area contributed by atoms with Gasteiger partial charge in [0.1, 0.15) is 0 Å². The topological polar surface area (TPSA) is 49.8 Å². The quantitative estimate of drug-likeness (QED) is 0.715. The maximum atomic E-state index is 12.1. The molecule has 0 aromatic heterocycles. The zero-order valence-corrected chi connectivity index (χ0v) is 11.2. The minimum Gasteiger partial charge on any atom is -0.393 e. The Kier molecular flexibility index (Phi) is 5.92. The number of aliphatic hydroxyl groups excluding tert-OH is 1. The molecule has 4 nitrogen and oxygen atoms in total. The molecule has 3 unspecified atom stereocenters. The molecule has 1 N–H and O–H groups in total. The van der Waals surface area contributed by atoms with Crippen molar-refractivity contribution in [2.45, 2.75) is 39.2 Å². The average molecular weight is 243 g/mol. The smallest absolute Gasteiger partial charge is 0.225 e. The first kappa shape index (κ1) is 14.5. The number of hydrogen-bond donors (Lipinski definition) is 1. The van der Waals surface area contributed by atoms with Gasteiger partial charge in [-0.15, -0.1) is 0 Å². The lowest BCUT2D eigenvalue weighted by atomic mass is 10.0. The zero-order chi connectivity index (χ0) is 12.8. The van der Waals surface area contributed by atoms with Gasteiger partial charge in [0.2, 0.25) is 5.91 Å². The van der Waals surface area contributed by atoms with Crippen molar-refractivity contribution in [3.63, 3.8) is 0 Å². The lowest BCUT2D eigenvalue weighted by molar-refractivity contribution is -0.134. The predicted octanol–water partition coefficient (Wildman–Crippen LogP) is 1.28. The van der Waals surface area contributed by atoms with Gasteiger partial charge in [0.25, 0.3) is 0 Å². The van der Waals surface area contributed by atoms with Crippen LogP contribution in [0.2, 0.25) is 0 Å². The molecule has 0 saturated carbocycles. The Bertz CT molecular complexity index is 243. The van der Waals surface area contributed by atoms with Crippen molar-refractivity contribution < 1.29 is 14.6 Å². The van der Waals surface area contributed by atoms with Crippen LogP contribution in [0.3, 0.4) is 0 Å². The van der Waals surface area contributed by atoms with Crippen LogP contribution >= 0.6 is 0 Å². The van der Waals surface area contributed by atoms with Crippen LogP contribution in [0.4, 0.5) is 0 Å². The van der Waals surface area contributed by atoms with Crippen LogP contribution in [0.5, 0.6) is 0 Å². The summed E-state index contributed by atoms with van der Waals surface area (Å²) in [4.78, 5) is 14.0. The van der Waals surface area contributed by atoms with Gasteiger partial charge in [-0.2, -0.15) is 0 Å². The lowest BCUT2D eigenvalue weighted by Crippen LogP contribution is -2.34. The summed E-state index contributed by atoms with van der Waals surface area (Å²) in [5.74, 6) is 0.548. The minimum absolute atomic E-state index is 0.0675. The average Bonchev–Trinajstić information content (AvgIpc) is 2.77. The van der Waals surface area contributed by atoms with Gasteiger partial charge in [0.05, 0.1) is 6.10 Å². The summed E-state index contributed by atoms with van der Waals surface area (Å²) in [6.45, 7) is 6.01. The molecule has 1 amide bonds. The van der Waals surface area contributed by atoms with Crippen molar-refractivity contribution in [1.29, 1.82) is 0 Å². The molecule has 1 rings (SSSR count). The van der Waals surface area contributed by atoms with Crippen molar-refractivity contribution >= 4 is 5.91 Å². The van der Waals surface area contributed by atoms with Crippen LogP contribution < -0.4 is 0 Å². The normalized spacial score (nSPS) is 23.8. The maximum Gasteiger partial charge on any atom is 0.225 e. The molecule has 1 aliphatic heterocycles. The summed E-state index contributed by atoms with van der Waals surface area (Å²) in [5, 5.41) is 9.51. The number of aliphatic hydroxyl groups is 1. The van der Waals surface area contributed by atoms with Gasteiger partial charge in [-0.3, -0.25) is 4.79 Å². The third-order valence-corrected chi connectivity index (χ3v) is 3.63. The molecule has 1 heterocycles. The Hall–Kier alpha value is -0.610. The molecule has 100 valence electrons. The summed E-state index contributed by atoms with van der Waals surface area (Å²) >= 11 is 0. The minimum atomic E-state index is -0.309. The number of methoxy groups -OCH3 is 1. The van der Waals surface area contributed by atoms with Crippen LogP contribution in [-0.2, 0) is 9.53 Å². The first-order valence-electron chi connectivity index (χ1n) is 6.52. The van der Waals surface area contributed by atoms with Gasteiger partial charge < -0.3 is 14.7 Å². The number of nitrogens with zero attached hydrogens (tertiary/aromatic N) is 1. The van der Waals surface area contributed by atoms with E-state index in [1.54, 1.807) is 14.0 Å². The Morgan fingerprint density at radius 1 is 1.53 bits per heavy atom. The summed E-state index contributed by atoms with van der Waals surface area (Å²) in [6.07, 6.45) is 2.42. The molecular weight excluding hydrogens is 218 g/mol. The number of ether oxygens (including phenoxy) is 1. The highest BCUT2D eigenvalue weighted by molar-refractivity contribution is 5.78. The Labute approximate surface area is 104 Å². The van der Waals surface area contributed by atoms with Crippen molar-refractivity contribution in [3.05, 3.63) is 0 Å². The first-order valence-corrected chi connectivity index (χ1v) is 6.52. The zero-order valence-electron chi connectivity index (χ0n) is 11.2. The molecular formula is C13H25NO3. The van der Waals surface area contributed by atoms with Crippen molar-refractivity contribution in [2.24, 2.45) is 11.8 Å². The van der Waals surface area contributed by atoms with E-state index >= 15 is 0 Å². The highest BCUT2D eigenvalue weighted by Crippen LogP contribution is 2.22. The van der Waals surface area contributed by atoms with E-state index in [1.165, 1.54) is 0 Å². The summed E-state index contributed by atoms with van der Waals surface area (Å²) in [5.41, 5.74) is 0. The number of carbonyl (C=O) groups excluding carboxylic acids is 1. The molecule has 0 aromatic carbocycles. The monoisotopic (exact) mass is 243 g/mol. The maximum absolute atomic E-state index is 12.1. The van der Waals surface area contributed by atoms with Gasteiger partial charge in [0.15, 0.2) is 0 Å². The lowest BCUT2D eigenvalue weighted by Gasteiger charge is -2.21. The number of amides is 1. The van der Waals surface area contributed by atoms with E-state index in [0.29, 0.717) is 13.2 Å². The molecule has 3 atom stereocenters. The molecule has 17 heavy (non-hydrogen) atoms. The summed E-state index contributed by atoms with van der Waals surface area (Å²) < 4.78 is 4.99. The molecule has 1 fully saturated rings. The number of carbonyl (C=O) groups is 1. The van der Waals surface area contributed by atoms with E-state index in [9.17, 15) is 9.90 Å². The molecule has 0 radical (unpaired) electrons. The van der Waals surface area contributed by atoms with E-state index in [1.807, 2.05) is 11.8 Å². The molecule has 4 heteroatoms. The van der Waals surface area contributed by atoms with Crippen LogP contribution in [0, 0.1) is 11.8 Å². The second-order valence-electron chi connectivity index (χ2n) is 5.11. The van der Waals surface area contributed by atoms with Crippen molar-refractivity contribution in [3.8, 4) is 0 Å². The number of hydrogen-bond acceptors (Lipinski definition) is 3. The van der Waals surface area contributed by atoms with E-state index < -0.39 is 0 Å². The van der Waals surface area contributed by atoms with E-state index in [0.717, 1.165) is 25.8 Å². The second-order valence-corrected chi connectivity index (χ2v) is 5.11. The molecule has 0 aromatic rings. The standard InChI is InChI=1S/C13H25NO3/c1-10(5-4-8-17-3)13(16)14-7-6-12(9-14)11(2)15/h10-12,15H,4-9H2,1-3H3. The highest BCUT2D eigenvalue weighted by atomic mass is 16.5. The van der Waals surface area contributed by atoms with E-state index in [-0.39, 0.29) is 23.8 Å². The third-order valence-electron chi connectivity index (χ3n) is 3.63. The fourth-order valence-electron chi connectivity index (χ4n) is 2.35. The van der Waals surface area contributed by atoms with Gasteiger partial charge >= 0.3 is 0 Å². The number of rotatable bonds is 6. The van der Waals surface area contributed by atoms with Gasteiger partial charge in [0, 0.05) is 38.6 Å². The van der Waals surface area contributed by atoms with E-state index in [4.69, 9.17) is 4.74 Å². The summed E-state index contributed by atoms with van der Waals surface area (Å²) in [7, 11) is 1.68. The fraction of sp³-hybridized carbons (Fsp3) is 0.923. The third kappa shape index (κ3) is 4.28. The van der Waals surface area contributed by atoms with Crippen LogP contribution in [0.15, 0.2) is 0 Å². The largest absolute Gasteiger partial charge is 0.393 e.